The topological polar surface area (TPSA) is 48.1 Å². The van der Waals surface area contributed by atoms with E-state index in [1.54, 1.807) is 13.3 Å². The van der Waals surface area contributed by atoms with Gasteiger partial charge in [0, 0.05) is 6.20 Å². The van der Waals surface area contributed by atoms with Crippen molar-refractivity contribution < 1.29 is 4.74 Å². The first-order chi connectivity index (χ1) is 6.33. The van der Waals surface area contributed by atoms with Crippen LogP contribution in [0.3, 0.4) is 0 Å². The zero-order chi connectivity index (χ0) is 9.26. The van der Waals surface area contributed by atoms with E-state index < -0.39 is 0 Å². The Morgan fingerprint density at radius 3 is 3.00 bits per heavy atom. The molecule has 1 fully saturated rings. The summed E-state index contributed by atoms with van der Waals surface area (Å²) >= 11 is 0. The van der Waals surface area contributed by atoms with Gasteiger partial charge < -0.3 is 10.5 Å². The van der Waals surface area contributed by atoms with Gasteiger partial charge in [0.1, 0.15) is 5.75 Å². The molecule has 0 aromatic carbocycles. The molecule has 1 aliphatic rings. The fourth-order valence-corrected chi connectivity index (χ4v) is 1.50. The van der Waals surface area contributed by atoms with E-state index in [0.717, 1.165) is 11.4 Å². The van der Waals surface area contributed by atoms with E-state index in [2.05, 4.69) is 4.98 Å². The third kappa shape index (κ3) is 1.65. The molecule has 0 radical (unpaired) electrons. The average molecular weight is 178 g/mol. The number of hydrogen-bond donors (Lipinski definition) is 1. The second-order valence-electron chi connectivity index (χ2n) is 3.45. The molecule has 1 aromatic rings. The molecule has 2 N–H and O–H groups in total. The van der Waals surface area contributed by atoms with Gasteiger partial charge >= 0.3 is 0 Å². The van der Waals surface area contributed by atoms with Gasteiger partial charge in [0.15, 0.2) is 0 Å². The third-order valence-electron chi connectivity index (χ3n) is 2.47. The number of nitrogens with zero attached hydrogens (tertiary/aromatic N) is 1. The molecule has 1 atom stereocenters. The molecule has 1 aromatic heterocycles. The minimum atomic E-state index is 0.0520. The van der Waals surface area contributed by atoms with Gasteiger partial charge in [0.05, 0.1) is 18.8 Å². The van der Waals surface area contributed by atoms with E-state index in [9.17, 15) is 0 Å². The zero-order valence-electron chi connectivity index (χ0n) is 7.73. The molecule has 0 bridgehead atoms. The van der Waals surface area contributed by atoms with Crippen molar-refractivity contribution in [3.8, 4) is 5.75 Å². The minimum Gasteiger partial charge on any atom is -0.495 e. The Bertz CT molecular complexity index is 297. The van der Waals surface area contributed by atoms with Crippen molar-refractivity contribution in [1.29, 1.82) is 0 Å². The number of ether oxygens (including phenoxy) is 1. The Labute approximate surface area is 77.9 Å². The molecule has 1 heterocycles. The Kier molecular flexibility index (Phi) is 2.19. The summed E-state index contributed by atoms with van der Waals surface area (Å²) < 4.78 is 5.20. The highest BCUT2D eigenvalue weighted by Gasteiger charge is 2.31. The summed E-state index contributed by atoms with van der Waals surface area (Å²) in [6, 6.07) is 3.82. The molecule has 1 saturated carbocycles. The normalized spacial score (nSPS) is 18.3. The lowest BCUT2D eigenvalue weighted by Crippen LogP contribution is -2.15. The molecule has 0 unspecified atom stereocenters. The van der Waals surface area contributed by atoms with E-state index >= 15 is 0 Å². The largest absolute Gasteiger partial charge is 0.495 e. The number of methoxy groups -OCH3 is 1. The number of hydrogen-bond acceptors (Lipinski definition) is 3. The molecular formula is C10H14N2O. The Hall–Kier alpha value is -1.09. The van der Waals surface area contributed by atoms with Crippen LogP contribution in [0.15, 0.2) is 18.3 Å². The van der Waals surface area contributed by atoms with Crippen molar-refractivity contribution in [3.05, 3.63) is 24.0 Å². The van der Waals surface area contributed by atoms with Crippen LogP contribution in [0, 0.1) is 5.92 Å². The zero-order valence-corrected chi connectivity index (χ0v) is 7.73. The summed E-state index contributed by atoms with van der Waals surface area (Å²) in [6.07, 6.45) is 4.21. The van der Waals surface area contributed by atoms with E-state index in [4.69, 9.17) is 10.5 Å². The highest BCUT2D eigenvalue weighted by atomic mass is 16.5. The van der Waals surface area contributed by atoms with Crippen LogP contribution in [0.1, 0.15) is 24.6 Å². The molecular weight excluding hydrogens is 164 g/mol. The molecule has 0 amide bonds. The Morgan fingerprint density at radius 2 is 2.38 bits per heavy atom. The van der Waals surface area contributed by atoms with Crippen LogP contribution in [0.4, 0.5) is 0 Å². The highest BCUT2D eigenvalue weighted by molar-refractivity contribution is 5.30. The fourth-order valence-electron chi connectivity index (χ4n) is 1.50. The second-order valence-corrected chi connectivity index (χ2v) is 3.45. The van der Waals surface area contributed by atoms with E-state index in [0.29, 0.717) is 5.92 Å². The highest BCUT2D eigenvalue weighted by Crippen LogP contribution is 2.40. The van der Waals surface area contributed by atoms with Gasteiger partial charge in [-0.3, -0.25) is 4.98 Å². The van der Waals surface area contributed by atoms with Crippen molar-refractivity contribution in [2.75, 3.05) is 7.11 Å². The van der Waals surface area contributed by atoms with Gasteiger partial charge in [0.2, 0.25) is 0 Å². The average Bonchev–Trinajstić information content (AvgIpc) is 3.00. The van der Waals surface area contributed by atoms with Gasteiger partial charge in [-0.15, -0.1) is 0 Å². The Balaban J connectivity index is 2.26. The summed E-state index contributed by atoms with van der Waals surface area (Å²) in [5.74, 6) is 1.42. The van der Waals surface area contributed by atoms with Crippen LogP contribution in [-0.2, 0) is 0 Å². The van der Waals surface area contributed by atoms with Crippen molar-refractivity contribution in [2.45, 2.75) is 18.9 Å². The molecule has 3 heteroatoms. The van der Waals surface area contributed by atoms with Gasteiger partial charge in [0.25, 0.3) is 0 Å². The molecule has 2 rings (SSSR count). The quantitative estimate of drug-likeness (QED) is 0.763. The first-order valence-corrected chi connectivity index (χ1v) is 4.57. The summed E-state index contributed by atoms with van der Waals surface area (Å²) in [4.78, 5) is 4.26. The molecule has 1 aliphatic carbocycles. The molecule has 0 spiro atoms. The maximum atomic E-state index is 6.03. The molecule has 0 aliphatic heterocycles. The van der Waals surface area contributed by atoms with Crippen molar-refractivity contribution in [2.24, 2.45) is 11.7 Å². The number of pyridine rings is 1. The lowest BCUT2D eigenvalue weighted by atomic mass is 10.1. The van der Waals surface area contributed by atoms with Gasteiger partial charge in [-0.1, -0.05) is 0 Å². The number of rotatable bonds is 3. The van der Waals surface area contributed by atoms with E-state index in [-0.39, 0.29) is 6.04 Å². The fraction of sp³-hybridized carbons (Fsp3) is 0.500. The van der Waals surface area contributed by atoms with Gasteiger partial charge in [-0.05, 0) is 30.9 Å². The monoisotopic (exact) mass is 178 g/mol. The summed E-state index contributed by atoms with van der Waals surface area (Å²) in [7, 11) is 1.65. The minimum absolute atomic E-state index is 0.0520. The van der Waals surface area contributed by atoms with Gasteiger partial charge in [-0.25, -0.2) is 0 Å². The van der Waals surface area contributed by atoms with Crippen molar-refractivity contribution in [3.63, 3.8) is 0 Å². The smallest absolute Gasteiger partial charge is 0.141 e. The van der Waals surface area contributed by atoms with Crippen LogP contribution in [0.5, 0.6) is 5.75 Å². The first-order valence-electron chi connectivity index (χ1n) is 4.57. The second kappa shape index (κ2) is 3.34. The lowest BCUT2D eigenvalue weighted by molar-refractivity contribution is 0.398. The van der Waals surface area contributed by atoms with Crippen molar-refractivity contribution >= 4 is 0 Å². The van der Waals surface area contributed by atoms with Crippen LogP contribution < -0.4 is 10.5 Å². The predicted molar refractivity (Wildman–Crippen MR) is 50.4 cm³/mol. The maximum Gasteiger partial charge on any atom is 0.141 e. The lowest BCUT2D eigenvalue weighted by Gasteiger charge is -2.12. The molecule has 70 valence electrons. The van der Waals surface area contributed by atoms with Gasteiger partial charge in [-0.2, -0.15) is 0 Å². The van der Waals surface area contributed by atoms with E-state index in [1.165, 1.54) is 12.8 Å². The maximum absolute atomic E-state index is 6.03. The summed E-state index contributed by atoms with van der Waals surface area (Å²) in [6.45, 7) is 0. The molecule has 3 nitrogen and oxygen atoms in total. The van der Waals surface area contributed by atoms with Crippen molar-refractivity contribution in [1.82, 2.24) is 4.98 Å². The number of aromatic nitrogens is 1. The van der Waals surface area contributed by atoms with Crippen LogP contribution in [-0.4, -0.2) is 12.1 Å². The van der Waals surface area contributed by atoms with E-state index in [1.807, 2.05) is 12.1 Å². The first kappa shape index (κ1) is 8.51. The third-order valence-corrected chi connectivity index (χ3v) is 2.47. The number of nitrogens with two attached hydrogens (primary N) is 1. The summed E-state index contributed by atoms with van der Waals surface area (Å²) in [5, 5.41) is 0. The molecule has 0 saturated heterocycles. The predicted octanol–water partition coefficient (Wildman–Crippen LogP) is 1.50. The van der Waals surface area contributed by atoms with Crippen LogP contribution in [0.25, 0.3) is 0 Å². The SMILES string of the molecule is COc1cccnc1[C@@H](N)C1CC1. The van der Waals surface area contributed by atoms with Crippen LogP contribution in [0.2, 0.25) is 0 Å². The molecule has 13 heavy (non-hydrogen) atoms. The van der Waals surface area contributed by atoms with Crippen LogP contribution >= 0.6 is 0 Å². The standard InChI is InChI=1S/C10H14N2O/c1-13-8-3-2-6-12-10(8)9(11)7-4-5-7/h2-3,6-7,9H,4-5,11H2,1H3/t9-/m0/s1. The Morgan fingerprint density at radius 1 is 1.62 bits per heavy atom. The summed E-state index contributed by atoms with van der Waals surface area (Å²) in [5.41, 5.74) is 6.93.